The van der Waals surface area contributed by atoms with Gasteiger partial charge in [0.1, 0.15) is 0 Å². The van der Waals surface area contributed by atoms with Gasteiger partial charge in [-0.05, 0) is 42.7 Å². The predicted octanol–water partition coefficient (Wildman–Crippen LogP) is 4.38. The normalized spacial score (nSPS) is 15.1. The average Bonchev–Trinajstić information content (AvgIpc) is 3.32. The van der Waals surface area contributed by atoms with E-state index in [1.807, 2.05) is 43.3 Å². The zero-order valence-electron chi connectivity index (χ0n) is 13.7. The maximum atomic E-state index is 12.5. The summed E-state index contributed by atoms with van der Waals surface area (Å²) in [5.41, 5.74) is 0.810. The molecular formula is C18H18N4OS2. The van der Waals surface area contributed by atoms with Gasteiger partial charge in [-0.1, -0.05) is 53.4 Å². The van der Waals surface area contributed by atoms with Crippen molar-refractivity contribution in [2.24, 2.45) is 0 Å². The molecule has 128 valence electrons. The highest BCUT2D eigenvalue weighted by Gasteiger charge is 2.23. The van der Waals surface area contributed by atoms with Crippen LogP contribution in [0.15, 0.2) is 46.8 Å². The SMILES string of the molecule is C[C@@H](Sc1nnc(NC2CC2)s1)C(=O)Nc1ccc2ccccc2c1. The summed E-state index contributed by atoms with van der Waals surface area (Å²) in [6.07, 6.45) is 2.40. The lowest BCUT2D eigenvalue weighted by molar-refractivity contribution is -0.115. The van der Waals surface area contributed by atoms with Gasteiger partial charge in [0.15, 0.2) is 4.34 Å². The first-order valence-electron chi connectivity index (χ1n) is 8.24. The van der Waals surface area contributed by atoms with Gasteiger partial charge in [0.25, 0.3) is 0 Å². The number of carbonyl (C=O) groups is 1. The summed E-state index contributed by atoms with van der Waals surface area (Å²) in [6.45, 7) is 1.89. The number of nitrogens with zero attached hydrogens (tertiary/aromatic N) is 2. The molecular weight excluding hydrogens is 352 g/mol. The number of rotatable bonds is 6. The Hall–Kier alpha value is -2.12. The fraction of sp³-hybridized carbons (Fsp3) is 0.278. The Morgan fingerprint density at radius 2 is 2.00 bits per heavy atom. The molecule has 0 bridgehead atoms. The molecule has 5 nitrogen and oxygen atoms in total. The highest BCUT2D eigenvalue weighted by atomic mass is 32.2. The van der Waals surface area contributed by atoms with Gasteiger partial charge in [0, 0.05) is 11.7 Å². The van der Waals surface area contributed by atoms with E-state index in [4.69, 9.17) is 0 Å². The van der Waals surface area contributed by atoms with Crippen LogP contribution in [0.1, 0.15) is 19.8 Å². The number of hydrogen-bond acceptors (Lipinski definition) is 6. The third-order valence-electron chi connectivity index (χ3n) is 3.98. The van der Waals surface area contributed by atoms with Crippen LogP contribution in [0.5, 0.6) is 0 Å². The fourth-order valence-corrected chi connectivity index (χ4v) is 4.41. The molecule has 1 amide bonds. The molecule has 0 saturated heterocycles. The van der Waals surface area contributed by atoms with Crippen LogP contribution in [0.2, 0.25) is 0 Å². The number of aromatic nitrogens is 2. The molecule has 0 aliphatic heterocycles. The number of nitrogens with one attached hydrogen (secondary N) is 2. The van der Waals surface area contributed by atoms with Crippen molar-refractivity contribution in [3.63, 3.8) is 0 Å². The molecule has 2 aromatic carbocycles. The standard InChI is InChI=1S/C18H18N4OS2/c1-11(24-18-22-21-17(25-18)20-14-8-9-14)16(23)19-15-7-6-12-4-2-3-5-13(12)10-15/h2-7,10-11,14H,8-9H2,1H3,(H,19,23)(H,20,21)/t11-/m1/s1. The molecule has 25 heavy (non-hydrogen) atoms. The molecule has 1 saturated carbocycles. The van der Waals surface area contributed by atoms with Crippen molar-refractivity contribution < 1.29 is 4.79 Å². The monoisotopic (exact) mass is 370 g/mol. The number of hydrogen-bond donors (Lipinski definition) is 2. The van der Waals surface area contributed by atoms with E-state index < -0.39 is 0 Å². The summed E-state index contributed by atoms with van der Waals surface area (Å²) in [6, 6.07) is 14.6. The highest BCUT2D eigenvalue weighted by molar-refractivity contribution is 8.02. The van der Waals surface area contributed by atoms with Gasteiger partial charge in [0.2, 0.25) is 11.0 Å². The Kier molecular flexibility index (Phi) is 4.59. The molecule has 1 aliphatic carbocycles. The number of benzene rings is 2. The molecule has 0 spiro atoms. The van der Waals surface area contributed by atoms with Crippen LogP contribution in [-0.4, -0.2) is 27.4 Å². The van der Waals surface area contributed by atoms with Gasteiger partial charge < -0.3 is 10.6 Å². The summed E-state index contributed by atoms with van der Waals surface area (Å²) in [5.74, 6) is -0.0350. The Morgan fingerprint density at radius 3 is 2.80 bits per heavy atom. The first-order valence-corrected chi connectivity index (χ1v) is 9.93. The summed E-state index contributed by atoms with van der Waals surface area (Å²) < 4.78 is 0.810. The van der Waals surface area contributed by atoms with Crippen molar-refractivity contribution in [3.05, 3.63) is 42.5 Å². The van der Waals surface area contributed by atoms with Crippen LogP contribution < -0.4 is 10.6 Å². The van der Waals surface area contributed by atoms with Crippen LogP contribution in [0.4, 0.5) is 10.8 Å². The average molecular weight is 371 g/mol. The minimum Gasteiger partial charge on any atom is -0.357 e. The van der Waals surface area contributed by atoms with Crippen molar-refractivity contribution in [2.75, 3.05) is 10.6 Å². The summed E-state index contributed by atoms with van der Waals surface area (Å²) in [4.78, 5) is 12.5. The molecule has 3 aromatic rings. The Labute approximate surface area is 154 Å². The molecule has 2 N–H and O–H groups in total. The number of anilines is 2. The van der Waals surface area contributed by atoms with E-state index in [1.165, 1.54) is 35.9 Å². The van der Waals surface area contributed by atoms with Gasteiger partial charge in [-0.15, -0.1) is 10.2 Å². The van der Waals surface area contributed by atoms with E-state index >= 15 is 0 Å². The molecule has 4 rings (SSSR count). The lowest BCUT2D eigenvalue weighted by Crippen LogP contribution is -2.22. The molecule has 0 unspecified atom stereocenters. The maximum Gasteiger partial charge on any atom is 0.237 e. The van der Waals surface area contributed by atoms with Crippen LogP contribution in [0.25, 0.3) is 10.8 Å². The summed E-state index contributed by atoms with van der Waals surface area (Å²) >= 11 is 2.94. The molecule has 0 radical (unpaired) electrons. The van der Waals surface area contributed by atoms with Crippen molar-refractivity contribution in [1.82, 2.24) is 10.2 Å². The maximum absolute atomic E-state index is 12.5. The number of fused-ring (bicyclic) bond motifs is 1. The van der Waals surface area contributed by atoms with Gasteiger partial charge in [0.05, 0.1) is 5.25 Å². The topological polar surface area (TPSA) is 66.9 Å². The number of amides is 1. The second-order valence-corrected chi connectivity index (χ2v) is 8.67. The van der Waals surface area contributed by atoms with Gasteiger partial charge in [-0.3, -0.25) is 4.79 Å². The Bertz CT molecular complexity index is 907. The first-order chi connectivity index (χ1) is 12.2. The van der Waals surface area contributed by atoms with E-state index in [-0.39, 0.29) is 11.2 Å². The van der Waals surface area contributed by atoms with Crippen LogP contribution in [0, 0.1) is 0 Å². The minimum absolute atomic E-state index is 0.0350. The first kappa shape index (κ1) is 16.4. The predicted molar refractivity (Wildman–Crippen MR) is 104 cm³/mol. The van der Waals surface area contributed by atoms with Gasteiger partial charge >= 0.3 is 0 Å². The highest BCUT2D eigenvalue weighted by Crippen LogP contribution is 2.32. The second-order valence-electron chi connectivity index (χ2n) is 6.10. The van der Waals surface area contributed by atoms with Crippen molar-refractivity contribution in [3.8, 4) is 0 Å². The van der Waals surface area contributed by atoms with E-state index in [1.54, 1.807) is 0 Å². The largest absolute Gasteiger partial charge is 0.357 e. The molecule has 1 heterocycles. The Balaban J connectivity index is 1.38. The van der Waals surface area contributed by atoms with Crippen molar-refractivity contribution in [2.45, 2.75) is 35.4 Å². The van der Waals surface area contributed by atoms with E-state index in [2.05, 4.69) is 26.9 Å². The van der Waals surface area contributed by atoms with Crippen LogP contribution >= 0.6 is 23.1 Å². The molecule has 7 heteroatoms. The van der Waals surface area contributed by atoms with E-state index in [9.17, 15) is 4.79 Å². The third-order valence-corrected chi connectivity index (χ3v) is 6.01. The van der Waals surface area contributed by atoms with E-state index in [0.29, 0.717) is 6.04 Å². The lowest BCUT2D eigenvalue weighted by Gasteiger charge is -2.11. The van der Waals surface area contributed by atoms with Crippen LogP contribution in [0.3, 0.4) is 0 Å². The van der Waals surface area contributed by atoms with Gasteiger partial charge in [-0.25, -0.2) is 0 Å². The van der Waals surface area contributed by atoms with E-state index in [0.717, 1.165) is 25.9 Å². The third kappa shape index (κ3) is 4.11. The zero-order valence-corrected chi connectivity index (χ0v) is 15.4. The minimum atomic E-state index is -0.242. The summed E-state index contributed by atoms with van der Waals surface area (Å²) in [5, 5.41) is 17.5. The van der Waals surface area contributed by atoms with Crippen LogP contribution in [-0.2, 0) is 4.79 Å². The molecule has 1 atom stereocenters. The quantitative estimate of drug-likeness (QED) is 0.630. The molecule has 1 aliphatic rings. The van der Waals surface area contributed by atoms with Crippen molar-refractivity contribution >= 4 is 50.6 Å². The fourth-order valence-electron chi connectivity index (χ4n) is 2.43. The Morgan fingerprint density at radius 1 is 1.20 bits per heavy atom. The van der Waals surface area contributed by atoms with Gasteiger partial charge in [-0.2, -0.15) is 0 Å². The number of thioether (sulfide) groups is 1. The van der Waals surface area contributed by atoms with Crippen molar-refractivity contribution in [1.29, 1.82) is 0 Å². The smallest absolute Gasteiger partial charge is 0.237 e. The number of carbonyl (C=O) groups excluding carboxylic acids is 1. The second kappa shape index (κ2) is 7.01. The zero-order chi connectivity index (χ0) is 17.2. The lowest BCUT2D eigenvalue weighted by atomic mass is 10.1. The molecule has 1 aromatic heterocycles. The molecule has 1 fully saturated rings. The summed E-state index contributed by atoms with van der Waals surface area (Å²) in [7, 11) is 0.